The summed E-state index contributed by atoms with van der Waals surface area (Å²) in [6.07, 6.45) is 8.52. The van der Waals surface area contributed by atoms with E-state index >= 15 is 0 Å². The zero-order chi connectivity index (χ0) is 19.5. The van der Waals surface area contributed by atoms with Gasteiger partial charge in [-0.1, -0.05) is 52.0 Å². The molecule has 1 aliphatic rings. The highest BCUT2D eigenvalue weighted by atomic mass is 79.9. The number of benzene rings is 2. The molecule has 0 unspecified atom stereocenters. The van der Waals surface area contributed by atoms with Gasteiger partial charge in [-0.25, -0.2) is 0 Å². The second kappa shape index (κ2) is 8.52. The van der Waals surface area contributed by atoms with Gasteiger partial charge in [-0.3, -0.25) is 0 Å². The molecule has 1 aromatic heterocycles. The topological polar surface area (TPSA) is 27.4 Å². The third kappa shape index (κ3) is 3.75. The fourth-order valence-corrected chi connectivity index (χ4v) is 4.98. The van der Waals surface area contributed by atoms with Crippen LogP contribution in [0, 0.1) is 0 Å². The summed E-state index contributed by atoms with van der Waals surface area (Å²) in [5.74, 6) is 0. The molecule has 3 aromatic rings. The van der Waals surface area contributed by atoms with E-state index in [2.05, 4.69) is 93.0 Å². The quantitative estimate of drug-likeness (QED) is 0.526. The van der Waals surface area contributed by atoms with E-state index in [1.165, 1.54) is 26.6 Å². The lowest BCUT2D eigenvalue weighted by atomic mass is 10.1. The van der Waals surface area contributed by atoms with Crippen molar-refractivity contribution in [1.29, 1.82) is 0 Å². The number of halogens is 1. The average molecular weight is 454 g/mol. The van der Waals surface area contributed by atoms with Crippen LogP contribution in [-0.2, 0) is 6.54 Å². The molecule has 0 atom stereocenters. The van der Waals surface area contributed by atoms with E-state index in [-0.39, 0.29) is 6.61 Å². The van der Waals surface area contributed by atoms with Gasteiger partial charge in [-0.05, 0) is 42.8 Å². The largest absolute Gasteiger partial charge is 0.390 e. The Labute approximate surface area is 178 Å². The molecule has 4 rings (SSSR count). The molecule has 0 saturated heterocycles. The number of para-hydroxylation sites is 1. The molecular weight excluding hydrogens is 432 g/mol. The predicted molar refractivity (Wildman–Crippen MR) is 121 cm³/mol. The SMILES string of the molecule is CCN1C(=CC=Cc2cc[n+](CCO)c3ccccc23)Sc2ccc(Br)cc21. The fourth-order valence-electron chi connectivity index (χ4n) is 3.52. The number of aliphatic hydroxyl groups is 1. The standard InChI is InChI=1S/C23H22BrN2OS/c1-2-26-21-16-18(24)10-11-22(21)28-23(26)9-5-6-17-12-13-25(14-15-27)20-8-4-3-7-19(17)20/h3-13,16,27H,2,14-15H2,1H3/q+1. The lowest BCUT2D eigenvalue weighted by molar-refractivity contribution is -0.672. The monoisotopic (exact) mass is 453 g/mol. The van der Waals surface area contributed by atoms with Crippen LogP contribution < -0.4 is 9.47 Å². The highest BCUT2D eigenvalue weighted by molar-refractivity contribution is 9.10. The van der Waals surface area contributed by atoms with E-state index in [4.69, 9.17) is 0 Å². The first-order chi connectivity index (χ1) is 13.7. The zero-order valence-corrected chi connectivity index (χ0v) is 18.1. The van der Waals surface area contributed by atoms with E-state index in [0.717, 1.165) is 16.5 Å². The molecule has 0 bridgehead atoms. The van der Waals surface area contributed by atoms with Crippen molar-refractivity contribution < 1.29 is 9.67 Å². The van der Waals surface area contributed by atoms with Crippen LogP contribution in [0.1, 0.15) is 12.5 Å². The maximum absolute atomic E-state index is 9.30. The Bertz CT molecular complexity index is 1080. The molecule has 0 amide bonds. The summed E-state index contributed by atoms with van der Waals surface area (Å²) in [4.78, 5) is 3.63. The molecule has 0 aliphatic carbocycles. The van der Waals surface area contributed by atoms with Crippen LogP contribution in [0.5, 0.6) is 0 Å². The number of pyridine rings is 1. The molecule has 5 heteroatoms. The number of rotatable bonds is 5. The van der Waals surface area contributed by atoms with Gasteiger partial charge in [0.05, 0.1) is 16.1 Å². The van der Waals surface area contributed by atoms with Crippen LogP contribution in [-0.4, -0.2) is 18.3 Å². The zero-order valence-electron chi connectivity index (χ0n) is 15.7. The molecule has 0 spiro atoms. The Balaban J connectivity index is 1.64. The summed E-state index contributed by atoms with van der Waals surface area (Å²) >= 11 is 5.39. The summed E-state index contributed by atoms with van der Waals surface area (Å²) in [5, 5.41) is 11.7. The van der Waals surface area contributed by atoms with Crippen molar-refractivity contribution >= 4 is 50.4 Å². The molecule has 2 heterocycles. The van der Waals surface area contributed by atoms with E-state index in [9.17, 15) is 5.11 Å². The first kappa shape index (κ1) is 19.2. The van der Waals surface area contributed by atoms with Crippen molar-refractivity contribution in [3.8, 4) is 0 Å². The lowest BCUT2D eigenvalue weighted by Gasteiger charge is -2.17. The van der Waals surface area contributed by atoms with E-state index in [1.54, 1.807) is 0 Å². The maximum atomic E-state index is 9.30. The normalized spacial score (nSPS) is 15.1. The van der Waals surface area contributed by atoms with Crippen molar-refractivity contribution in [3.63, 3.8) is 0 Å². The van der Waals surface area contributed by atoms with Crippen LogP contribution in [0.25, 0.3) is 17.0 Å². The van der Waals surface area contributed by atoms with E-state index in [0.29, 0.717) is 6.54 Å². The Morgan fingerprint density at radius 3 is 2.86 bits per heavy atom. The van der Waals surface area contributed by atoms with Gasteiger partial charge < -0.3 is 10.0 Å². The first-order valence-corrected chi connectivity index (χ1v) is 11.0. The highest BCUT2D eigenvalue weighted by Crippen LogP contribution is 2.46. The van der Waals surface area contributed by atoms with E-state index < -0.39 is 0 Å². The minimum absolute atomic E-state index is 0.136. The van der Waals surface area contributed by atoms with Gasteiger partial charge in [0, 0.05) is 28.0 Å². The fraction of sp³-hybridized carbons (Fsp3) is 0.174. The molecule has 0 saturated carbocycles. The molecule has 3 nitrogen and oxygen atoms in total. The van der Waals surface area contributed by atoms with Gasteiger partial charge in [-0.15, -0.1) is 0 Å². The predicted octanol–water partition coefficient (Wildman–Crippen LogP) is 5.37. The van der Waals surface area contributed by atoms with Crippen molar-refractivity contribution in [2.24, 2.45) is 0 Å². The summed E-state index contributed by atoms with van der Waals surface area (Å²) < 4.78 is 3.19. The van der Waals surface area contributed by atoms with Crippen LogP contribution >= 0.6 is 27.7 Å². The van der Waals surface area contributed by atoms with Gasteiger partial charge in [0.25, 0.3) is 0 Å². The number of thioether (sulfide) groups is 1. The molecule has 28 heavy (non-hydrogen) atoms. The number of aliphatic hydroxyl groups excluding tert-OH is 1. The molecule has 1 N–H and O–H groups in total. The summed E-state index contributed by atoms with van der Waals surface area (Å²) in [6, 6.07) is 16.9. The molecule has 1 aliphatic heterocycles. The van der Waals surface area contributed by atoms with E-state index in [1.807, 2.05) is 24.0 Å². The molecule has 142 valence electrons. The number of aromatic nitrogens is 1. The van der Waals surface area contributed by atoms with Gasteiger partial charge in [-0.2, -0.15) is 4.57 Å². The van der Waals surface area contributed by atoms with Crippen LogP contribution in [0.15, 0.2) is 81.3 Å². The molecule has 0 radical (unpaired) electrons. The number of hydrogen-bond donors (Lipinski definition) is 1. The van der Waals surface area contributed by atoms with Crippen LogP contribution in [0.2, 0.25) is 0 Å². The Morgan fingerprint density at radius 1 is 1.18 bits per heavy atom. The minimum atomic E-state index is 0.136. The van der Waals surface area contributed by atoms with Crippen molar-refractivity contribution in [3.05, 3.63) is 81.9 Å². The average Bonchev–Trinajstić information content (AvgIpc) is 3.06. The number of hydrogen-bond acceptors (Lipinski definition) is 3. The third-order valence-electron chi connectivity index (χ3n) is 4.82. The molecular formula is C23H22BrN2OS+. The molecule has 2 aromatic carbocycles. The van der Waals surface area contributed by atoms with Crippen molar-refractivity contribution in [2.45, 2.75) is 18.4 Å². The number of fused-ring (bicyclic) bond motifs is 2. The number of nitrogens with zero attached hydrogens (tertiary/aromatic N) is 2. The Hall–Kier alpha value is -2.08. The maximum Gasteiger partial charge on any atom is 0.213 e. The second-order valence-electron chi connectivity index (χ2n) is 6.53. The van der Waals surface area contributed by atoms with Gasteiger partial charge >= 0.3 is 0 Å². The lowest BCUT2D eigenvalue weighted by Crippen LogP contribution is -2.36. The van der Waals surface area contributed by atoms with Gasteiger partial charge in [0.15, 0.2) is 12.7 Å². The summed E-state index contributed by atoms with van der Waals surface area (Å²) in [7, 11) is 0. The Kier molecular flexibility index (Phi) is 5.85. The van der Waals surface area contributed by atoms with Gasteiger partial charge in [0.1, 0.15) is 6.61 Å². The highest BCUT2D eigenvalue weighted by Gasteiger charge is 2.23. The summed E-state index contributed by atoms with van der Waals surface area (Å²) in [5.41, 5.74) is 3.57. The minimum Gasteiger partial charge on any atom is -0.390 e. The second-order valence-corrected chi connectivity index (χ2v) is 8.51. The number of allylic oxidation sites excluding steroid dienone is 2. The van der Waals surface area contributed by atoms with Crippen LogP contribution in [0.3, 0.4) is 0 Å². The summed E-state index contributed by atoms with van der Waals surface area (Å²) in [6.45, 7) is 3.85. The van der Waals surface area contributed by atoms with Crippen LogP contribution in [0.4, 0.5) is 5.69 Å². The van der Waals surface area contributed by atoms with Crippen molar-refractivity contribution in [2.75, 3.05) is 18.1 Å². The first-order valence-electron chi connectivity index (χ1n) is 9.36. The Morgan fingerprint density at radius 2 is 2.04 bits per heavy atom. The number of anilines is 1. The third-order valence-corrected chi connectivity index (χ3v) is 6.45. The van der Waals surface area contributed by atoms with Gasteiger partial charge in [0.2, 0.25) is 5.52 Å². The van der Waals surface area contributed by atoms with Crippen molar-refractivity contribution in [1.82, 2.24) is 0 Å². The molecule has 0 fully saturated rings. The smallest absolute Gasteiger partial charge is 0.213 e.